The van der Waals surface area contributed by atoms with E-state index in [1.807, 2.05) is 57.2 Å². The summed E-state index contributed by atoms with van der Waals surface area (Å²) in [4.78, 5) is 25.4. The van der Waals surface area contributed by atoms with Crippen molar-refractivity contribution in [2.24, 2.45) is 5.92 Å². The minimum atomic E-state index is -0.245. The van der Waals surface area contributed by atoms with E-state index in [4.69, 9.17) is 0 Å². The second-order valence-electron chi connectivity index (χ2n) is 6.86. The van der Waals surface area contributed by atoms with E-state index in [1.54, 1.807) is 0 Å². The number of hydrogen-bond acceptors (Lipinski definition) is 3. The topological polar surface area (TPSA) is 58.2 Å². The van der Waals surface area contributed by atoms with Crippen molar-refractivity contribution in [2.45, 2.75) is 43.8 Å². The van der Waals surface area contributed by atoms with Gasteiger partial charge in [-0.1, -0.05) is 23.8 Å². The normalized spacial score (nSPS) is 14.6. The van der Waals surface area contributed by atoms with Crippen LogP contribution in [0.15, 0.2) is 47.4 Å². The molecule has 1 unspecified atom stereocenters. The van der Waals surface area contributed by atoms with Crippen LogP contribution in [-0.2, 0) is 9.59 Å². The molecule has 26 heavy (non-hydrogen) atoms. The quantitative estimate of drug-likeness (QED) is 0.722. The van der Waals surface area contributed by atoms with Gasteiger partial charge >= 0.3 is 0 Å². The Morgan fingerprint density at radius 2 is 1.85 bits per heavy atom. The Morgan fingerprint density at radius 3 is 2.54 bits per heavy atom. The van der Waals surface area contributed by atoms with Crippen LogP contribution in [0.4, 0.5) is 11.4 Å². The molecule has 2 aromatic carbocycles. The summed E-state index contributed by atoms with van der Waals surface area (Å²) in [7, 11) is 0. The summed E-state index contributed by atoms with van der Waals surface area (Å²) in [5.74, 6) is 0.232. The molecule has 2 aromatic rings. The molecule has 0 aliphatic heterocycles. The van der Waals surface area contributed by atoms with Crippen molar-refractivity contribution in [3.05, 3.63) is 53.6 Å². The van der Waals surface area contributed by atoms with Crippen LogP contribution >= 0.6 is 11.8 Å². The Balaban J connectivity index is 1.60. The first-order chi connectivity index (χ1) is 12.4. The molecule has 1 atom stereocenters. The molecule has 0 radical (unpaired) electrons. The van der Waals surface area contributed by atoms with Gasteiger partial charge in [-0.2, -0.15) is 0 Å². The lowest BCUT2D eigenvalue weighted by molar-refractivity contribution is -0.117. The molecule has 1 saturated carbocycles. The highest BCUT2D eigenvalue weighted by atomic mass is 32.2. The van der Waals surface area contributed by atoms with E-state index in [-0.39, 0.29) is 23.0 Å². The summed E-state index contributed by atoms with van der Waals surface area (Å²) in [6, 6.07) is 13.6. The highest BCUT2D eigenvalue weighted by molar-refractivity contribution is 8.00. The summed E-state index contributed by atoms with van der Waals surface area (Å²) < 4.78 is 0. The number of thioether (sulfide) groups is 1. The average Bonchev–Trinajstić information content (AvgIpc) is 3.42. The fraction of sp³-hybridized carbons (Fsp3) is 0.333. The smallest absolute Gasteiger partial charge is 0.237 e. The molecule has 2 amide bonds. The first-order valence-electron chi connectivity index (χ1n) is 8.88. The van der Waals surface area contributed by atoms with Crippen LogP contribution in [0.2, 0.25) is 0 Å². The number of amides is 2. The van der Waals surface area contributed by atoms with Crippen molar-refractivity contribution >= 4 is 35.0 Å². The van der Waals surface area contributed by atoms with Gasteiger partial charge in [0, 0.05) is 22.2 Å². The Bertz CT molecular complexity index is 831. The second kappa shape index (κ2) is 7.96. The van der Waals surface area contributed by atoms with Gasteiger partial charge in [0.05, 0.1) is 5.25 Å². The number of hydrogen-bond donors (Lipinski definition) is 2. The van der Waals surface area contributed by atoms with E-state index >= 15 is 0 Å². The number of rotatable bonds is 6. The van der Waals surface area contributed by atoms with Crippen molar-refractivity contribution in [3.8, 4) is 0 Å². The van der Waals surface area contributed by atoms with Crippen LogP contribution in [0.3, 0.4) is 0 Å². The fourth-order valence-electron chi connectivity index (χ4n) is 2.68. The number of carbonyl (C=O) groups is 2. The standard InChI is InChI=1S/C21H24N2O2S/c1-13-7-10-19(14(2)11-13)23-20(24)15(3)26-18-6-4-5-17(12-18)22-21(25)16-8-9-16/h4-7,10-12,15-16H,8-9H2,1-3H3,(H,22,25)(H,23,24). The summed E-state index contributed by atoms with van der Waals surface area (Å²) in [5.41, 5.74) is 3.86. The van der Waals surface area contributed by atoms with Gasteiger partial charge in [0.2, 0.25) is 11.8 Å². The van der Waals surface area contributed by atoms with Gasteiger partial charge in [-0.15, -0.1) is 11.8 Å². The van der Waals surface area contributed by atoms with Gasteiger partial charge in [0.15, 0.2) is 0 Å². The zero-order valence-electron chi connectivity index (χ0n) is 15.3. The van der Waals surface area contributed by atoms with E-state index in [2.05, 4.69) is 16.7 Å². The van der Waals surface area contributed by atoms with E-state index in [0.29, 0.717) is 0 Å². The minimum absolute atomic E-state index is 0.0330. The Morgan fingerprint density at radius 1 is 1.08 bits per heavy atom. The maximum atomic E-state index is 12.5. The number of benzene rings is 2. The monoisotopic (exact) mass is 368 g/mol. The SMILES string of the molecule is Cc1ccc(NC(=O)C(C)Sc2cccc(NC(=O)C3CC3)c2)c(C)c1. The molecule has 1 fully saturated rings. The molecule has 136 valence electrons. The van der Waals surface area contributed by atoms with Gasteiger partial charge < -0.3 is 10.6 Å². The first kappa shape index (κ1) is 18.5. The summed E-state index contributed by atoms with van der Waals surface area (Å²) >= 11 is 1.48. The van der Waals surface area contributed by atoms with Gasteiger partial charge in [-0.25, -0.2) is 0 Å². The fourth-order valence-corrected chi connectivity index (χ4v) is 3.61. The van der Waals surface area contributed by atoms with Crippen molar-refractivity contribution in [2.75, 3.05) is 10.6 Å². The maximum absolute atomic E-state index is 12.5. The molecule has 3 rings (SSSR count). The number of nitrogens with one attached hydrogen (secondary N) is 2. The Hall–Kier alpha value is -2.27. The largest absolute Gasteiger partial charge is 0.326 e. The molecule has 1 aliphatic carbocycles. The van der Waals surface area contributed by atoms with Crippen molar-refractivity contribution in [1.82, 2.24) is 0 Å². The predicted molar refractivity (Wildman–Crippen MR) is 108 cm³/mol. The van der Waals surface area contributed by atoms with Crippen LogP contribution in [0.25, 0.3) is 0 Å². The van der Waals surface area contributed by atoms with Crippen LogP contribution < -0.4 is 10.6 Å². The molecule has 0 saturated heterocycles. The third kappa shape index (κ3) is 4.88. The van der Waals surface area contributed by atoms with E-state index in [9.17, 15) is 9.59 Å². The molecule has 2 N–H and O–H groups in total. The Labute approximate surface area is 158 Å². The van der Waals surface area contributed by atoms with E-state index in [0.717, 1.165) is 34.7 Å². The van der Waals surface area contributed by atoms with Crippen molar-refractivity contribution in [1.29, 1.82) is 0 Å². The Kier molecular flexibility index (Phi) is 5.67. The second-order valence-corrected chi connectivity index (χ2v) is 8.27. The average molecular weight is 369 g/mol. The summed E-state index contributed by atoms with van der Waals surface area (Å²) in [6.07, 6.45) is 1.96. The molecule has 5 heteroatoms. The lowest BCUT2D eigenvalue weighted by atomic mass is 10.1. The van der Waals surface area contributed by atoms with Gasteiger partial charge in [-0.3, -0.25) is 9.59 Å². The minimum Gasteiger partial charge on any atom is -0.326 e. The molecular formula is C21H24N2O2S. The summed E-state index contributed by atoms with van der Waals surface area (Å²) in [6.45, 7) is 5.91. The van der Waals surface area contributed by atoms with Crippen LogP contribution in [0.1, 0.15) is 30.9 Å². The molecule has 0 aromatic heterocycles. The predicted octanol–water partition coefficient (Wildman–Crippen LogP) is 4.77. The van der Waals surface area contributed by atoms with Crippen LogP contribution in [0.5, 0.6) is 0 Å². The van der Waals surface area contributed by atoms with Crippen LogP contribution in [0, 0.1) is 19.8 Å². The van der Waals surface area contributed by atoms with E-state index in [1.165, 1.54) is 17.3 Å². The molecule has 1 aliphatic rings. The van der Waals surface area contributed by atoms with Gasteiger partial charge in [0.1, 0.15) is 0 Å². The van der Waals surface area contributed by atoms with E-state index < -0.39 is 0 Å². The molecular weight excluding hydrogens is 344 g/mol. The molecule has 0 spiro atoms. The molecule has 4 nitrogen and oxygen atoms in total. The molecule has 0 heterocycles. The zero-order chi connectivity index (χ0) is 18.7. The number of aryl methyl sites for hydroxylation is 2. The van der Waals surface area contributed by atoms with Crippen molar-refractivity contribution < 1.29 is 9.59 Å². The first-order valence-corrected chi connectivity index (χ1v) is 9.76. The zero-order valence-corrected chi connectivity index (χ0v) is 16.2. The highest BCUT2D eigenvalue weighted by Gasteiger charge is 2.29. The third-order valence-electron chi connectivity index (χ3n) is 4.37. The van der Waals surface area contributed by atoms with Crippen molar-refractivity contribution in [3.63, 3.8) is 0 Å². The third-order valence-corrected chi connectivity index (χ3v) is 5.47. The summed E-state index contributed by atoms with van der Waals surface area (Å²) in [5, 5.41) is 5.70. The molecule has 0 bridgehead atoms. The number of anilines is 2. The maximum Gasteiger partial charge on any atom is 0.237 e. The van der Waals surface area contributed by atoms with Crippen LogP contribution in [-0.4, -0.2) is 17.1 Å². The highest BCUT2D eigenvalue weighted by Crippen LogP contribution is 2.31. The van der Waals surface area contributed by atoms with Gasteiger partial charge in [0.25, 0.3) is 0 Å². The van der Waals surface area contributed by atoms with Gasteiger partial charge in [-0.05, 0) is 63.4 Å². The lowest BCUT2D eigenvalue weighted by Gasteiger charge is -2.14. The number of carbonyl (C=O) groups excluding carboxylic acids is 2. The lowest BCUT2D eigenvalue weighted by Crippen LogP contribution is -2.22.